The number of anilines is 2. The SMILES string of the molecule is CCC(C)(C)C(=O)N(O)Cc1ccc(Nc2ccc(C(C)(C)C)cc2)cc1. The van der Waals surface area contributed by atoms with Crippen LogP contribution in [0.2, 0.25) is 0 Å². The van der Waals surface area contributed by atoms with Gasteiger partial charge in [0.25, 0.3) is 5.91 Å². The molecule has 2 N–H and O–H groups in total. The lowest BCUT2D eigenvalue weighted by molar-refractivity contribution is -0.178. The van der Waals surface area contributed by atoms with Gasteiger partial charge >= 0.3 is 0 Å². The molecule has 27 heavy (non-hydrogen) atoms. The minimum Gasteiger partial charge on any atom is -0.356 e. The summed E-state index contributed by atoms with van der Waals surface area (Å²) in [7, 11) is 0. The van der Waals surface area contributed by atoms with Crippen LogP contribution in [0, 0.1) is 5.41 Å². The van der Waals surface area contributed by atoms with E-state index in [2.05, 4.69) is 50.4 Å². The van der Waals surface area contributed by atoms with Gasteiger partial charge in [-0.25, -0.2) is 5.06 Å². The highest BCUT2D eigenvalue weighted by Crippen LogP contribution is 2.26. The highest BCUT2D eigenvalue weighted by Gasteiger charge is 2.29. The van der Waals surface area contributed by atoms with Crippen molar-refractivity contribution in [1.29, 1.82) is 0 Å². The van der Waals surface area contributed by atoms with E-state index in [1.165, 1.54) is 5.56 Å². The Morgan fingerprint density at radius 2 is 1.41 bits per heavy atom. The molecule has 0 saturated heterocycles. The van der Waals surface area contributed by atoms with Gasteiger partial charge in [0, 0.05) is 16.8 Å². The lowest BCUT2D eigenvalue weighted by atomic mass is 9.87. The summed E-state index contributed by atoms with van der Waals surface area (Å²) in [6.07, 6.45) is 0.680. The zero-order valence-corrected chi connectivity index (χ0v) is 17.3. The van der Waals surface area contributed by atoms with Crippen molar-refractivity contribution in [3.05, 3.63) is 59.7 Å². The molecule has 4 nitrogen and oxygen atoms in total. The van der Waals surface area contributed by atoms with Crippen molar-refractivity contribution >= 4 is 17.3 Å². The molecule has 0 spiro atoms. The van der Waals surface area contributed by atoms with Gasteiger partial charge in [-0.3, -0.25) is 10.0 Å². The number of hydrogen-bond donors (Lipinski definition) is 2. The molecule has 4 heteroatoms. The number of rotatable bonds is 6. The van der Waals surface area contributed by atoms with Crippen molar-refractivity contribution in [3.8, 4) is 0 Å². The minimum atomic E-state index is -0.560. The molecule has 0 radical (unpaired) electrons. The van der Waals surface area contributed by atoms with Gasteiger partial charge in [-0.15, -0.1) is 0 Å². The molecule has 2 rings (SSSR count). The van der Waals surface area contributed by atoms with Crippen molar-refractivity contribution in [2.24, 2.45) is 5.41 Å². The van der Waals surface area contributed by atoms with Gasteiger partial charge in [0.05, 0.1) is 6.54 Å². The van der Waals surface area contributed by atoms with Gasteiger partial charge in [0.1, 0.15) is 0 Å². The van der Waals surface area contributed by atoms with Crippen molar-refractivity contribution < 1.29 is 10.0 Å². The predicted molar refractivity (Wildman–Crippen MR) is 111 cm³/mol. The summed E-state index contributed by atoms with van der Waals surface area (Å²) in [5, 5.41) is 14.3. The monoisotopic (exact) mass is 368 g/mol. The molecule has 0 bridgehead atoms. The number of amides is 1. The van der Waals surface area contributed by atoms with Gasteiger partial charge in [-0.1, -0.05) is 65.8 Å². The summed E-state index contributed by atoms with van der Waals surface area (Å²) >= 11 is 0. The quantitative estimate of drug-likeness (QED) is 0.494. The molecule has 2 aromatic carbocycles. The largest absolute Gasteiger partial charge is 0.356 e. The van der Waals surface area contributed by atoms with Crippen LogP contribution in [0.5, 0.6) is 0 Å². The zero-order chi connectivity index (χ0) is 20.2. The standard InChI is InChI=1S/C23H32N2O2/c1-7-23(5,6)21(26)25(27)16-17-8-12-19(13-9-17)24-20-14-10-18(11-15-20)22(2,3)4/h8-15,24,27H,7,16H2,1-6H3. The second-order valence-corrected chi connectivity index (χ2v) is 8.75. The third-order valence-corrected chi connectivity index (χ3v) is 5.02. The number of nitrogens with zero attached hydrogens (tertiary/aromatic N) is 1. The lowest BCUT2D eigenvalue weighted by Gasteiger charge is -2.26. The fraction of sp³-hybridized carbons (Fsp3) is 0.435. The molecule has 0 heterocycles. The first kappa shape index (κ1) is 21.0. The Bertz CT molecular complexity index is 756. The molecule has 0 aromatic heterocycles. The van der Waals surface area contributed by atoms with Crippen molar-refractivity contribution in [2.75, 3.05) is 5.32 Å². The summed E-state index contributed by atoms with van der Waals surface area (Å²) in [4.78, 5) is 12.3. The average Bonchev–Trinajstić information content (AvgIpc) is 2.62. The van der Waals surface area contributed by atoms with E-state index in [1.54, 1.807) is 0 Å². The van der Waals surface area contributed by atoms with Crippen LogP contribution in [-0.2, 0) is 16.8 Å². The van der Waals surface area contributed by atoms with Crippen molar-refractivity contribution in [2.45, 2.75) is 59.9 Å². The van der Waals surface area contributed by atoms with Crippen LogP contribution in [0.4, 0.5) is 11.4 Å². The summed E-state index contributed by atoms with van der Waals surface area (Å²) in [6.45, 7) is 12.4. The number of hydroxylamine groups is 2. The first-order chi connectivity index (χ1) is 12.5. The molecule has 2 aromatic rings. The molecule has 146 valence electrons. The predicted octanol–water partition coefficient (Wildman–Crippen LogP) is 5.88. The summed E-state index contributed by atoms with van der Waals surface area (Å²) in [5.41, 5.74) is 3.75. The summed E-state index contributed by atoms with van der Waals surface area (Å²) in [6, 6.07) is 16.2. The Hall–Kier alpha value is -2.33. The minimum absolute atomic E-state index is 0.139. The Kier molecular flexibility index (Phi) is 6.32. The Morgan fingerprint density at radius 3 is 1.85 bits per heavy atom. The summed E-state index contributed by atoms with van der Waals surface area (Å²) < 4.78 is 0. The van der Waals surface area contributed by atoms with Crippen LogP contribution >= 0.6 is 0 Å². The van der Waals surface area contributed by atoms with Crippen LogP contribution < -0.4 is 5.32 Å². The lowest BCUT2D eigenvalue weighted by Crippen LogP contribution is -2.38. The van der Waals surface area contributed by atoms with Gasteiger partial charge in [0.15, 0.2) is 0 Å². The molecule has 0 aliphatic rings. The van der Waals surface area contributed by atoms with E-state index < -0.39 is 5.41 Å². The topological polar surface area (TPSA) is 52.6 Å². The second kappa shape index (κ2) is 8.13. The van der Waals surface area contributed by atoms with Gasteiger partial charge in [-0.2, -0.15) is 0 Å². The van der Waals surface area contributed by atoms with Crippen LogP contribution in [0.3, 0.4) is 0 Å². The molecule has 0 unspecified atom stereocenters. The van der Waals surface area contributed by atoms with Crippen LogP contribution in [0.1, 0.15) is 59.1 Å². The molecular formula is C23H32N2O2. The highest BCUT2D eigenvalue weighted by atomic mass is 16.5. The van der Waals surface area contributed by atoms with E-state index in [4.69, 9.17) is 0 Å². The Morgan fingerprint density at radius 1 is 0.926 bits per heavy atom. The van der Waals surface area contributed by atoms with Gasteiger partial charge < -0.3 is 5.32 Å². The number of carbonyl (C=O) groups is 1. The number of carbonyl (C=O) groups excluding carboxylic acids is 1. The van der Waals surface area contributed by atoms with Crippen LogP contribution in [0.25, 0.3) is 0 Å². The first-order valence-electron chi connectivity index (χ1n) is 9.50. The fourth-order valence-corrected chi connectivity index (χ4v) is 2.66. The third-order valence-electron chi connectivity index (χ3n) is 5.02. The molecule has 0 atom stereocenters. The van der Waals surface area contributed by atoms with Crippen molar-refractivity contribution in [1.82, 2.24) is 5.06 Å². The summed E-state index contributed by atoms with van der Waals surface area (Å²) in [5.74, 6) is -0.258. The van der Waals surface area contributed by atoms with E-state index >= 15 is 0 Å². The van der Waals surface area contributed by atoms with E-state index in [0.717, 1.165) is 22.0 Å². The van der Waals surface area contributed by atoms with Gasteiger partial charge in [0.2, 0.25) is 0 Å². The van der Waals surface area contributed by atoms with E-state index in [1.807, 2.05) is 45.0 Å². The Balaban J connectivity index is 2.00. The van der Waals surface area contributed by atoms with Crippen molar-refractivity contribution in [3.63, 3.8) is 0 Å². The molecule has 0 fully saturated rings. The second-order valence-electron chi connectivity index (χ2n) is 8.75. The molecule has 0 aliphatic heterocycles. The fourth-order valence-electron chi connectivity index (χ4n) is 2.66. The number of nitrogens with one attached hydrogen (secondary N) is 1. The van der Waals surface area contributed by atoms with E-state index in [9.17, 15) is 10.0 Å². The smallest absolute Gasteiger partial charge is 0.251 e. The number of hydrogen-bond acceptors (Lipinski definition) is 3. The highest BCUT2D eigenvalue weighted by molar-refractivity contribution is 5.80. The maximum atomic E-state index is 12.3. The van der Waals surface area contributed by atoms with Crippen LogP contribution in [-0.4, -0.2) is 16.2 Å². The maximum absolute atomic E-state index is 12.3. The normalized spacial score (nSPS) is 12.0. The molecule has 0 saturated carbocycles. The Labute approximate surface area is 163 Å². The van der Waals surface area contributed by atoms with E-state index in [-0.39, 0.29) is 17.9 Å². The molecular weight excluding hydrogens is 336 g/mol. The molecule has 1 amide bonds. The maximum Gasteiger partial charge on any atom is 0.251 e. The zero-order valence-electron chi connectivity index (χ0n) is 17.3. The van der Waals surface area contributed by atoms with Crippen LogP contribution in [0.15, 0.2) is 48.5 Å². The van der Waals surface area contributed by atoms with Gasteiger partial charge in [-0.05, 0) is 47.2 Å². The number of benzene rings is 2. The third kappa shape index (κ3) is 5.57. The van der Waals surface area contributed by atoms with E-state index in [0.29, 0.717) is 6.42 Å². The average molecular weight is 369 g/mol. The molecule has 0 aliphatic carbocycles. The first-order valence-corrected chi connectivity index (χ1v) is 9.50.